The van der Waals surface area contributed by atoms with Gasteiger partial charge in [0, 0.05) is 12.8 Å². The Kier molecular flexibility index (Phi) is 52.1. The summed E-state index contributed by atoms with van der Waals surface area (Å²) in [5.41, 5.74) is 0. The first-order valence-corrected chi connectivity index (χ1v) is 30.9. The van der Waals surface area contributed by atoms with Gasteiger partial charge in [0.25, 0.3) is 7.82 Å². The first-order chi connectivity index (χ1) is 36.5. The molecule has 0 heterocycles. The van der Waals surface area contributed by atoms with Crippen LogP contribution in [0.2, 0.25) is 0 Å². The Hall–Kier alpha value is -3.85. The average molecular weight is 1060 g/mol. The van der Waals surface area contributed by atoms with Crippen LogP contribution in [-0.2, 0) is 32.7 Å². The second-order valence-corrected chi connectivity index (χ2v) is 21.7. The van der Waals surface area contributed by atoms with Gasteiger partial charge < -0.3 is 27.9 Å². The van der Waals surface area contributed by atoms with E-state index in [4.69, 9.17) is 18.5 Å². The van der Waals surface area contributed by atoms with Crippen LogP contribution in [-0.4, -0.2) is 70.0 Å². The van der Waals surface area contributed by atoms with Gasteiger partial charge in [-0.15, -0.1) is 0 Å². The standard InChI is InChI=1S/C65H108NO8P/c1-6-8-10-12-14-16-18-19-20-21-22-23-24-25-26-27-28-29-30-31-32-33-34-35-36-37-38-39-40-41-42-43-44-45-46-47-48-50-52-54-56-58-65(68)74-63(62-73-75(69,70)72-60-59-66(3,4)5)61-71-64(67)57-55-53-51-49-17-15-13-11-9-7-2/h8,10,14,16,19-20,22-23,25-26,28-29,31-32,34-35,37-38,40-41,43-44,63H,6-7,9,11-13,15,17-18,21,24,27,30,33,36,39,42,45-62H2,1-5H3/b10-8-,16-14-,20-19-,23-22-,26-25-,29-28-,32-31-,35-34-,38-37-,41-40-,44-43-. The minimum Gasteiger partial charge on any atom is -0.756 e. The smallest absolute Gasteiger partial charge is 0.306 e. The topological polar surface area (TPSA) is 111 Å². The van der Waals surface area contributed by atoms with Gasteiger partial charge in [0.05, 0.1) is 27.7 Å². The number of likely N-dealkylation sites (N-methyl/N-ethyl adjacent to an activating group) is 1. The Balaban J connectivity index is 4.09. The lowest BCUT2D eigenvalue weighted by molar-refractivity contribution is -0.870. The van der Waals surface area contributed by atoms with Gasteiger partial charge in [0.15, 0.2) is 6.10 Å². The van der Waals surface area contributed by atoms with Crippen LogP contribution >= 0.6 is 7.82 Å². The number of allylic oxidation sites excluding steroid dienone is 22. The molecule has 2 unspecified atom stereocenters. The van der Waals surface area contributed by atoms with Gasteiger partial charge in [0.2, 0.25) is 0 Å². The number of hydrogen-bond acceptors (Lipinski definition) is 8. The quantitative estimate of drug-likeness (QED) is 0.0195. The van der Waals surface area contributed by atoms with E-state index in [0.717, 1.165) is 122 Å². The van der Waals surface area contributed by atoms with E-state index in [-0.39, 0.29) is 26.1 Å². The molecule has 0 radical (unpaired) electrons. The van der Waals surface area contributed by atoms with Crippen molar-refractivity contribution in [1.82, 2.24) is 0 Å². The van der Waals surface area contributed by atoms with Crippen molar-refractivity contribution in [3.05, 3.63) is 134 Å². The monoisotopic (exact) mass is 1060 g/mol. The largest absolute Gasteiger partial charge is 0.756 e. The summed E-state index contributed by atoms with van der Waals surface area (Å²) >= 11 is 0. The second-order valence-electron chi connectivity index (χ2n) is 20.3. The van der Waals surface area contributed by atoms with E-state index in [1.54, 1.807) is 0 Å². The molecule has 0 aliphatic heterocycles. The third-order valence-electron chi connectivity index (χ3n) is 11.9. The first kappa shape index (κ1) is 71.2. The summed E-state index contributed by atoms with van der Waals surface area (Å²) in [5, 5.41) is 0. The van der Waals surface area contributed by atoms with Crippen molar-refractivity contribution in [2.75, 3.05) is 47.5 Å². The first-order valence-electron chi connectivity index (χ1n) is 29.4. The van der Waals surface area contributed by atoms with Crippen LogP contribution in [0.3, 0.4) is 0 Å². The summed E-state index contributed by atoms with van der Waals surface area (Å²) in [5.74, 6) is -0.855. The highest BCUT2D eigenvalue weighted by molar-refractivity contribution is 7.45. The van der Waals surface area contributed by atoms with E-state index < -0.39 is 32.5 Å². The van der Waals surface area contributed by atoms with Crippen LogP contribution in [0.1, 0.15) is 213 Å². The summed E-state index contributed by atoms with van der Waals surface area (Å²) in [6.45, 7) is 4.07. The van der Waals surface area contributed by atoms with E-state index >= 15 is 0 Å². The molecule has 0 aromatic carbocycles. The van der Waals surface area contributed by atoms with E-state index in [9.17, 15) is 19.0 Å². The van der Waals surface area contributed by atoms with E-state index in [1.165, 1.54) is 57.8 Å². The molecule has 0 aliphatic carbocycles. The lowest BCUT2D eigenvalue weighted by atomic mass is 10.1. The van der Waals surface area contributed by atoms with Gasteiger partial charge >= 0.3 is 11.9 Å². The zero-order chi connectivity index (χ0) is 54.9. The van der Waals surface area contributed by atoms with Crippen LogP contribution < -0.4 is 4.89 Å². The number of nitrogens with zero attached hydrogens (tertiary/aromatic N) is 1. The molecule has 0 aliphatic rings. The highest BCUT2D eigenvalue weighted by Gasteiger charge is 2.21. The van der Waals surface area contributed by atoms with Crippen LogP contribution in [0.4, 0.5) is 0 Å². The third kappa shape index (κ3) is 59.3. The molecule has 0 bridgehead atoms. The minimum atomic E-state index is -4.64. The molecule has 10 heteroatoms. The summed E-state index contributed by atoms with van der Waals surface area (Å²) in [6, 6.07) is 0. The molecule has 0 aromatic rings. The lowest BCUT2D eigenvalue weighted by Crippen LogP contribution is -2.37. The second kappa shape index (κ2) is 54.9. The Bertz CT molecular complexity index is 1730. The number of rotatable bonds is 52. The molecule has 0 saturated carbocycles. The Morgan fingerprint density at radius 3 is 1.13 bits per heavy atom. The SMILES string of the molecule is CC/C=C\C/C=C\C/C=C\C/C=C\C/C=C\C/C=C\C/C=C\C/C=C\C/C=C\C/C=C\C/C=C\CCCCCCCCCC(=O)OC(COC(=O)CCCCCCCCCCCC)COP(=O)([O-])OCC[N+](C)(C)C. The summed E-state index contributed by atoms with van der Waals surface area (Å²) in [6.07, 6.45) is 79.5. The van der Waals surface area contributed by atoms with Gasteiger partial charge in [0.1, 0.15) is 19.8 Å². The number of carbonyl (C=O) groups excluding carboxylic acids is 2. The average Bonchev–Trinajstić information content (AvgIpc) is 3.37. The van der Waals surface area contributed by atoms with Crippen molar-refractivity contribution in [1.29, 1.82) is 0 Å². The molecule has 0 saturated heterocycles. The van der Waals surface area contributed by atoms with Crippen molar-refractivity contribution in [2.24, 2.45) is 0 Å². The van der Waals surface area contributed by atoms with Gasteiger partial charge in [-0.25, -0.2) is 0 Å². The molecule has 426 valence electrons. The molecular weight excluding hydrogens is 954 g/mol. The number of esters is 2. The van der Waals surface area contributed by atoms with E-state index in [1.807, 2.05) is 21.1 Å². The number of ether oxygens (including phenoxy) is 2. The highest BCUT2D eigenvalue weighted by atomic mass is 31.2. The van der Waals surface area contributed by atoms with E-state index in [0.29, 0.717) is 17.4 Å². The number of carbonyl (C=O) groups is 2. The van der Waals surface area contributed by atoms with Gasteiger partial charge in [-0.3, -0.25) is 14.2 Å². The van der Waals surface area contributed by atoms with E-state index in [2.05, 4.69) is 148 Å². The lowest BCUT2D eigenvalue weighted by Gasteiger charge is -2.28. The Labute approximate surface area is 460 Å². The molecular formula is C65H108NO8P. The zero-order valence-electron chi connectivity index (χ0n) is 48.2. The van der Waals surface area contributed by atoms with Crippen LogP contribution in [0, 0.1) is 0 Å². The van der Waals surface area contributed by atoms with Crippen molar-refractivity contribution >= 4 is 19.8 Å². The number of phosphoric ester groups is 1. The maximum absolute atomic E-state index is 12.8. The predicted octanol–water partition coefficient (Wildman–Crippen LogP) is 17.9. The number of hydrogen-bond donors (Lipinski definition) is 0. The van der Waals surface area contributed by atoms with Gasteiger partial charge in [-0.1, -0.05) is 237 Å². The van der Waals surface area contributed by atoms with Crippen LogP contribution in [0.15, 0.2) is 134 Å². The molecule has 0 spiro atoms. The number of unbranched alkanes of at least 4 members (excludes halogenated alkanes) is 16. The fourth-order valence-corrected chi connectivity index (χ4v) is 8.15. The summed E-state index contributed by atoms with van der Waals surface area (Å²) < 4.78 is 34.0. The highest BCUT2D eigenvalue weighted by Crippen LogP contribution is 2.38. The van der Waals surface area contributed by atoms with Crippen molar-refractivity contribution in [2.45, 2.75) is 219 Å². The molecule has 2 atom stereocenters. The summed E-state index contributed by atoms with van der Waals surface area (Å²) in [4.78, 5) is 37.7. The van der Waals surface area contributed by atoms with Crippen molar-refractivity contribution < 1.29 is 42.1 Å². The molecule has 0 fully saturated rings. The predicted molar refractivity (Wildman–Crippen MR) is 318 cm³/mol. The number of phosphoric acid groups is 1. The normalized spacial score (nSPS) is 14.3. The van der Waals surface area contributed by atoms with Crippen LogP contribution in [0.5, 0.6) is 0 Å². The summed E-state index contributed by atoms with van der Waals surface area (Å²) in [7, 11) is 1.14. The van der Waals surface area contributed by atoms with Crippen molar-refractivity contribution in [3.63, 3.8) is 0 Å². The van der Waals surface area contributed by atoms with Gasteiger partial charge in [-0.05, 0) is 96.3 Å². The maximum Gasteiger partial charge on any atom is 0.306 e. The molecule has 0 amide bonds. The third-order valence-corrected chi connectivity index (χ3v) is 12.9. The molecule has 75 heavy (non-hydrogen) atoms. The molecule has 0 rings (SSSR count). The molecule has 0 N–H and O–H groups in total. The molecule has 9 nitrogen and oxygen atoms in total. The minimum absolute atomic E-state index is 0.0383. The van der Waals surface area contributed by atoms with Gasteiger partial charge in [-0.2, -0.15) is 0 Å². The van der Waals surface area contributed by atoms with Crippen LogP contribution in [0.25, 0.3) is 0 Å². The van der Waals surface area contributed by atoms with Crippen molar-refractivity contribution in [3.8, 4) is 0 Å². The fourth-order valence-electron chi connectivity index (χ4n) is 7.42. The number of quaternary nitrogens is 1. The Morgan fingerprint density at radius 2 is 0.760 bits per heavy atom. The fraction of sp³-hybridized carbons (Fsp3) is 0.631. The maximum atomic E-state index is 12.8. The Morgan fingerprint density at radius 1 is 0.427 bits per heavy atom. The zero-order valence-corrected chi connectivity index (χ0v) is 49.1. The molecule has 0 aromatic heterocycles.